The number of nitrogens with zero attached hydrogens (tertiary/aromatic N) is 4. The molecule has 294 valence electrons. The maximum atomic E-state index is 14.5. The van der Waals surface area contributed by atoms with Gasteiger partial charge in [-0.2, -0.15) is 0 Å². The van der Waals surface area contributed by atoms with Crippen molar-refractivity contribution in [1.82, 2.24) is 35.7 Å². The molecule has 0 radical (unpaired) electrons. The third kappa shape index (κ3) is 10.8. The molecule has 54 heavy (non-hydrogen) atoms. The van der Waals surface area contributed by atoms with Gasteiger partial charge in [0.15, 0.2) is 6.10 Å². The average Bonchev–Trinajstić information content (AvgIpc) is 3.14. The minimum absolute atomic E-state index is 0.00100. The van der Waals surface area contributed by atoms with Gasteiger partial charge in [0.25, 0.3) is 5.91 Å². The fourth-order valence-electron chi connectivity index (χ4n) is 7.67. The molecule has 1 saturated heterocycles. The minimum Gasteiger partial charge on any atom is -0.381 e. The molecule has 1 aromatic heterocycles. The highest BCUT2D eigenvalue weighted by Gasteiger charge is 2.43. The average molecular weight is 767 g/mol. The zero-order chi connectivity index (χ0) is 39.0. The second-order valence-electron chi connectivity index (χ2n) is 16.1. The minimum atomic E-state index is -1.56. The van der Waals surface area contributed by atoms with Crippen LogP contribution in [0.15, 0.2) is 42.9 Å². The fraction of sp³-hybridized carbons (Fsp3) is 0.615. The Labute approximate surface area is 322 Å². The Bertz CT molecular complexity index is 1610. The fourth-order valence-corrected chi connectivity index (χ4v) is 7.80. The molecule has 14 nitrogen and oxygen atoms in total. The lowest BCUT2D eigenvalue weighted by atomic mass is 9.79. The highest BCUT2D eigenvalue weighted by atomic mass is 35.5. The van der Waals surface area contributed by atoms with Crippen molar-refractivity contribution in [3.63, 3.8) is 0 Å². The molecule has 15 heteroatoms. The van der Waals surface area contributed by atoms with Gasteiger partial charge >= 0.3 is 0 Å². The number of aliphatic hydroxyl groups is 1. The van der Waals surface area contributed by atoms with Gasteiger partial charge < -0.3 is 31.7 Å². The van der Waals surface area contributed by atoms with Crippen LogP contribution < -0.4 is 21.7 Å². The van der Waals surface area contributed by atoms with E-state index in [9.17, 15) is 29.1 Å². The van der Waals surface area contributed by atoms with E-state index >= 15 is 0 Å². The third-order valence-corrected chi connectivity index (χ3v) is 11.4. The zero-order valence-corrected chi connectivity index (χ0v) is 32.3. The summed E-state index contributed by atoms with van der Waals surface area (Å²) < 4.78 is 0. The summed E-state index contributed by atoms with van der Waals surface area (Å²) in [6, 6.07) is 3.70. The first-order valence-electron chi connectivity index (χ1n) is 19.1. The molecule has 2 aliphatic carbocycles. The van der Waals surface area contributed by atoms with Gasteiger partial charge in [0.2, 0.25) is 23.6 Å². The van der Waals surface area contributed by atoms with Crippen molar-refractivity contribution >= 4 is 41.1 Å². The van der Waals surface area contributed by atoms with Gasteiger partial charge in [-0.15, -0.1) is 0 Å². The molecule has 2 saturated carbocycles. The topological polar surface area (TPSA) is 200 Å². The number of nitrogens with two attached hydrogens (primary N) is 1. The summed E-state index contributed by atoms with van der Waals surface area (Å²) in [4.78, 5) is 79.8. The molecule has 0 spiro atoms. The molecule has 0 bridgehead atoms. The molecule has 1 aliphatic heterocycles. The van der Waals surface area contributed by atoms with Crippen molar-refractivity contribution in [3.05, 3.63) is 59.1 Å². The lowest BCUT2D eigenvalue weighted by Crippen LogP contribution is -2.65. The first-order chi connectivity index (χ1) is 25.7. The second kappa shape index (κ2) is 18.5. The molecule has 5 amide bonds. The smallest absolute Gasteiger partial charge is 0.272 e. The number of aromatic nitrogens is 2. The van der Waals surface area contributed by atoms with Crippen LogP contribution in [-0.2, 0) is 25.7 Å². The zero-order valence-electron chi connectivity index (χ0n) is 31.5. The Kier molecular flexibility index (Phi) is 14.0. The van der Waals surface area contributed by atoms with E-state index in [4.69, 9.17) is 17.3 Å². The van der Waals surface area contributed by atoms with Crippen molar-refractivity contribution in [2.75, 3.05) is 19.6 Å². The maximum Gasteiger partial charge on any atom is 0.272 e. The normalized spacial score (nSPS) is 20.8. The molecule has 5 atom stereocenters. The molecule has 3 fully saturated rings. The van der Waals surface area contributed by atoms with Gasteiger partial charge in [-0.3, -0.25) is 33.9 Å². The highest BCUT2D eigenvalue weighted by molar-refractivity contribution is 6.30. The van der Waals surface area contributed by atoms with E-state index in [2.05, 4.69) is 25.9 Å². The first-order valence-corrected chi connectivity index (χ1v) is 19.5. The van der Waals surface area contributed by atoms with Crippen molar-refractivity contribution < 1.29 is 29.1 Å². The molecule has 2 unspecified atom stereocenters. The van der Waals surface area contributed by atoms with Gasteiger partial charge in [-0.25, -0.2) is 4.98 Å². The van der Waals surface area contributed by atoms with Crippen LogP contribution in [0.25, 0.3) is 0 Å². The SMILES string of the molecule is CC(C)(C)[C@H](NC(=O)[C@@H](NC(=O)c1cnccn1)C1CCCCC1)C(=O)N1CCN(Cc2ccc(Cl)cc2)[C@@H](C(=O)NC(CC2CCC2)C(O)C(N)=O)C1. The first kappa shape index (κ1) is 41.0. The number of primary amides is 1. The largest absolute Gasteiger partial charge is 0.381 e. The number of amides is 5. The number of aliphatic hydroxyl groups excluding tert-OH is 1. The summed E-state index contributed by atoms with van der Waals surface area (Å²) in [5, 5.41) is 20.1. The summed E-state index contributed by atoms with van der Waals surface area (Å²) in [7, 11) is 0. The molecular weight excluding hydrogens is 712 g/mol. The van der Waals surface area contributed by atoms with E-state index in [-0.39, 0.29) is 36.5 Å². The predicted octanol–water partition coefficient (Wildman–Crippen LogP) is 2.57. The van der Waals surface area contributed by atoms with E-state index in [1.165, 1.54) is 18.6 Å². The molecule has 3 aliphatic rings. The Morgan fingerprint density at radius 1 is 0.944 bits per heavy atom. The number of halogens is 1. The number of carbonyl (C=O) groups excluding carboxylic acids is 5. The summed E-state index contributed by atoms with van der Waals surface area (Å²) in [6.07, 6.45) is 10.4. The molecule has 2 aromatic rings. The predicted molar refractivity (Wildman–Crippen MR) is 203 cm³/mol. The van der Waals surface area contributed by atoms with E-state index in [0.29, 0.717) is 24.5 Å². The van der Waals surface area contributed by atoms with Crippen molar-refractivity contribution in [1.29, 1.82) is 0 Å². The van der Waals surface area contributed by atoms with Gasteiger partial charge in [0.1, 0.15) is 23.8 Å². The van der Waals surface area contributed by atoms with Gasteiger partial charge in [0.05, 0.1) is 12.2 Å². The molecular formula is C39H55ClN8O6. The van der Waals surface area contributed by atoms with Crippen molar-refractivity contribution in [3.8, 4) is 0 Å². The Morgan fingerprint density at radius 3 is 2.24 bits per heavy atom. The molecule has 2 heterocycles. The summed E-state index contributed by atoms with van der Waals surface area (Å²) >= 11 is 6.14. The number of benzene rings is 1. The summed E-state index contributed by atoms with van der Waals surface area (Å²) in [5.41, 5.74) is 5.76. The molecule has 5 rings (SSSR count). The van der Waals surface area contributed by atoms with Gasteiger partial charge in [0, 0.05) is 43.6 Å². The highest BCUT2D eigenvalue weighted by Crippen LogP contribution is 2.32. The van der Waals surface area contributed by atoms with Crippen LogP contribution in [0.4, 0.5) is 0 Å². The number of nitrogens with one attached hydrogen (secondary N) is 3. The van der Waals surface area contributed by atoms with Crippen LogP contribution in [0, 0.1) is 17.3 Å². The van der Waals surface area contributed by atoms with E-state index in [1.807, 2.05) is 37.8 Å². The number of rotatable bonds is 14. The molecule has 1 aromatic carbocycles. The van der Waals surface area contributed by atoms with E-state index in [1.54, 1.807) is 17.0 Å². The summed E-state index contributed by atoms with van der Waals surface area (Å²) in [6.45, 7) is 6.59. The van der Waals surface area contributed by atoms with Gasteiger partial charge in [-0.05, 0) is 54.2 Å². The van der Waals surface area contributed by atoms with Crippen molar-refractivity contribution in [2.45, 2.75) is 115 Å². The molecule has 6 N–H and O–H groups in total. The number of hydrogen-bond acceptors (Lipinski definition) is 9. The van der Waals surface area contributed by atoms with Crippen LogP contribution >= 0.6 is 11.6 Å². The van der Waals surface area contributed by atoms with Crippen LogP contribution in [0.5, 0.6) is 0 Å². The van der Waals surface area contributed by atoms with Crippen LogP contribution in [0.1, 0.15) is 94.6 Å². The van der Waals surface area contributed by atoms with Crippen LogP contribution in [-0.4, -0.2) is 104 Å². The Balaban J connectivity index is 1.36. The second-order valence-corrected chi connectivity index (χ2v) is 16.6. The van der Waals surface area contributed by atoms with Crippen LogP contribution in [0.3, 0.4) is 0 Å². The standard InChI is InChI=1S/C39H55ClN8O6/c1-39(2,3)33(46-37(53)31(26-10-5-4-6-11-26)45-35(51)29-21-42-16-17-43-29)38(54)48-19-18-47(22-25-12-14-27(40)15-13-25)30(23-48)36(52)44-28(32(49)34(41)50)20-24-8-7-9-24/h12-17,21,24,26,28,30-33,49H,4-11,18-20,22-23H2,1-3H3,(H2,41,50)(H,44,52)(H,45,51)(H,46,53)/t28?,30-,31+,32?,33-/m1/s1. The quantitative estimate of drug-likeness (QED) is 0.192. The lowest BCUT2D eigenvalue weighted by Gasteiger charge is -2.44. The Morgan fingerprint density at radius 2 is 1.65 bits per heavy atom. The number of piperazine rings is 1. The third-order valence-electron chi connectivity index (χ3n) is 11.1. The maximum absolute atomic E-state index is 14.5. The van der Waals surface area contributed by atoms with E-state index in [0.717, 1.165) is 56.9 Å². The monoisotopic (exact) mass is 766 g/mol. The van der Waals surface area contributed by atoms with Gasteiger partial charge in [-0.1, -0.05) is 83.0 Å². The number of hydrogen-bond donors (Lipinski definition) is 5. The lowest BCUT2D eigenvalue weighted by molar-refractivity contribution is -0.145. The number of carbonyl (C=O) groups is 5. The Hall–Kier alpha value is -4.14. The van der Waals surface area contributed by atoms with Crippen molar-refractivity contribution in [2.24, 2.45) is 23.0 Å². The van der Waals surface area contributed by atoms with E-state index < -0.39 is 59.3 Å². The van der Waals surface area contributed by atoms with Crippen LogP contribution in [0.2, 0.25) is 5.02 Å². The summed E-state index contributed by atoms with van der Waals surface area (Å²) in [5.74, 6) is -2.54.